The summed E-state index contributed by atoms with van der Waals surface area (Å²) in [6, 6.07) is 4.05. The first kappa shape index (κ1) is 14.9. The quantitative estimate of drug-likeness (QED) is 0.654. The Kier molecular flexibility index (Phi) is 4.66. The molecule has 0 aliphatic heterocycles. The molecule has 0 radical (unpaired) electrons. The largest absolute Gasteiger partial charge is 0.329 e. The lowest BCUT2D eigenvalue weighted by atomic mass is 10.2. The van der Waals surface area contributed by atoms with Crippen LogP contribution < -0.4 is 5.73 Å². The Hall–Kier alpha value is -1.18. The van der Waals surface area contributed by atoms with Crippen LogP contribution in [0.15, 0.2) is 18.2 Å². The molecule has 0 aliphatic carbocycles. The van der Waals surface area contributed by atoms with Gasteiger partial charge in [-0.1, -0.05) is 17.7 Å². The normalized spacial score (nSPS) is 13.3. The van der Waals surface area contributed by atoms with E-state index in [1.54, 1.807) is 0 Å². The van der Waals surface area contributed by atoms with Crippen molar-refractivity contribution in [2.24, 2.45) is 5.73 Å². The summed E-state index contributed by atoms with van der Waals surface area (Å²) in [5, 5.41) is 10.1. The van der Waals surface area contributed by atoms with Crippen LogP contribution >= 0.6 is 11.6 Å². The number of halogens is 1. The molecule has 18 heavy (non-hydrogen) atoms. The number of benzene rings is 1. The Morgan fingerprint density at radius 2 is 2.11 bits per heavy atom. The Bertz CT molecular complexity index is 559. The van der Waals surface area contributed by atoms with Crippen molar-refractivity contribution in [3.8, 4) is 0 Å². The van der Waals surface area contributed by atoms with Gasteiger partial charge in [0, 0.05) is 12.6 Å². The molecule has 0 saturated carbocycles. The van der Waals surface area contributed by atoms with Crippen molar-refractivity contribution in [1.29, 1.82) is 0 Å². The zero-order valence-corrected chi connectivity index (χ0v) is 11.2. The van der Waals surface area contributed by atoms with E-state index >= 15 is 0 Å². The molecule has 2 N–H and O–H groups in total. The third kappa shape index (κ3) is 3.18. The van der Waals surface area contributed by atoms with Gasteiger partial charge < -0.3 is 5.73 Å². The minimum absolute atomic E-state index is 0.00414. The Labute approximate surface area is 110 Å². The summed E-state index contributed by atoms with van der Waals surface area (Å²) < 4.78 is 23.8. The molecule has 0 spiro atoms. The van der Waals surface area contributed by atoms with Gasteiger partial charge >= 0.3 is 0 Å². The minimum atomic E-state index is -3.56. The van der Waals surface area contributed by atoms with Crippen LogP contribution in [0, 0.1) is 10.1 Å². The van der Waals surface area contributed by atoms with Crippen LogP contribution in [0.2, 0.25) is 5.02 Å². The molecule has 1 unspecified atom stereocenters. The lowest BCUT2D eigenvalue weighted by Gasteiger charge is -2.11. The number of nitrogens with two attached hydrogens (primary N) is 1. The second-order valence-electron chi connectivity index (χ2n) is 3.85. The van der Waals surface area contributed by atoms with E-state index in [2.05, 4.69) is 0 Å². The number of rotatable bonds is 5. The second-order valence-corrected chi connectivity index (χ2v) is 6.67. The van der Waals surface area contributed by atoms with Crippen molar-refractivity contribution >= 4 is 27.1 Å². The zero-order valence-electron chi connectivity index (χ0n) is 9.67. The number of nitro benzene ring substituents is 1. The van der Waals surface area contributed by atoms with E-state index in [0.717, 1.165) is 0 Å². The molecule has 0 saturated heterocycles. The van der Waals surface area contributed by atoms with E-state index in [0.29, 0.717) is 0 Å². The average molecular weight is 293 g/mol. The third-order valence-corrected chi connectivity index (χ3v) is 5.05. The fourth-order valence-corrected chi connectivity index (χ4v) is 2.95. The van der Waals surface area contributed by atoms with E-state index < -0.39 is 25.8 Å². The predicted octanol–water partition coefficient (Wildman–Crippen LogP) is 1.51. The van der Waals surface area contributed by atoms with Gasteiger partial charge in [0.15, 0.2) is 9.84 Å². The Morgan fingerprint density at radius 1 is 1.50 bits per heavy atom. The molecule has 8 heteroatoms. The number of hydrogen-bond donors (Lipinski definition) is 1. The van der Waals surface area contributed by atoms with E-state index in [4.69, 9.17) is 17.3 Å². The molecule has 0 heterocycles. The summed E-state index contributed by atoms with van der Waals surface area (Å²) >= 11 is 5.83. The zero-order chi connectivity index (χ0) is 13.9. The van der Waals surface area contributed by atoms with Crippen LogP contribution in [0.5, 0.6) is 0 Å². The van der Waals surface area contributed by atoms with Gasteiger partial charge in [0.05, 0.1) is 26.5 Å². The summed E-state index contributed by atoms with van der Waals surface area (Å²) in [4.78, 5) is 10.2. The molecule has 1 aromatic rings. The number of hydrogen-bond acceptors (Lipinski definition) is 5. The summed E-state index contributed by atoms with van der Waals surface area (Å²) in [6.45, 7) is 1.42. The molecular formula is C10H13ClN2O4S. The van der Waals surface area contributed by atoms with Crippen LogP contribution in [-0.4, -0.2) is 25.1 Å². The molecule has 6 nitrogen and oxygen atoms in total. The van der Waals surface area contributed by atoms with Crippen molar-refractivity contribution in [3.63, 3.8) is 0 Å². The highest BCUT2D eigenvalue weighted by atomic mass is 35.5. The topological polar surface area (TPSA) is 103 Å². The highest BCUT2D eigenvalue weighted by Crippen LogP contribution is 2.28. The molecule has 1 aromatic carbocycles. The van der Waals surface area contributed by atoms with Gasteiger partial charge in [0.1, 0.15) is 0 Å². The van der Waals surface area contributed by atoms with Crippen molar-refractivity contribution in [3.05, 3.63) is 38.9 Å². The fourth-order valence-electron chi connectivity index (χ4n) is 1.35. The Morgan fingerprint density at radius 3 is 2.61 bits per heavy atom. The second kappa shape index (κ2) is 5.64. The maximum atomic E-state index is 11.9. The minimum Gasteiger partial charge on any atom is -0.329 e. The molecule has 0 aliphatic rings. The van der Waals surface area contributed by atoms with Gasteiger partial charge in [0.25, 0.3) is 5.69 Å². The summed E-state index contributed by atoms with van der Waals surface area (Å²) in [6.07, 6.45) is 0. The van der Waals surface area contributed by atoms with Crippen LogP contribution in [-0.2, 0) is 15.6 Å². The molecule has 0 bridgehead atoms. The van der Waals surface area contributed by atoms with Gasteiger partial charge in [-0.05, 0) is 13.0 Å². The van der Waals surface area contributed by atoms with Gasteiger partial charge in [-0.15, -0.1) is 0 Å². The average Bonchev–Trinajstić information content (AvgIpc) is 2.30. The van der Waals surface area contributed by atoms with E-state index in [1.807, 2.05) is 0 Å². The first-order valence-electron chi connectivity index (χ1n) is 5.13. The standard InChI is InChI=1S/C10H13ClN2O4S/c1-7(5-12)18(16,17)6-8-9(11)3-2-4-10(8)13(14)15/h2-4,7H,5-6,12H2,1H3. The predicted molar refractivity (Wildman–Crippen MR) is 69.2 cm³/mol. The lowest BCUT2D eigenvalue weighted by Crippen LogP contribution is -2.28. The van der Waals surface area contributed by atoms with Crippen molar-refractivity contribution in [2.45, 2.75) is 17.9 Å². The number of sulfone groups is 1. The Balaban J connectivity index is 3.23. The summed E-state index contributed by atoms with van der Waals surface area (Å²) in [5.41, 5.74) is 5.01. The molecule has 1 rings (SSSR count). The van der Waals surface area contributed by atoms with Crippen LogP contribution in [0.3, 0.4) is 0 Å². The van der Waals surface area contributed by atoms with E-state index in [1.165, 1.54) is 25.1 Å². The molecule has 0 amide bonds. The molecule has 0 fully saturated rings. The van der Waals surface area contributed by atoms with Crippen molar-refractivity contribution in [2.75, 3.05) is 6.54 Å². The molecule has 1 atom stereocenters. The summed E-state index contributed by atoms with van der Waals surface area (Å²) in [5.74, 6) is -0.485. The van der Waals surface area contributed by atoms with Crippen molar-refractivity contribution < 1.29 is 13.3 Å². The van der Waals surface area contributed by atoms with Crippen LogP contribution in [0.25, 0.3) is 0 Å². The third-order valence-electron chi connectivity index (χ3n) is 2.58. The highest BCUT2D eigenvalue weighted by Gasteiger charge is 2.26. The van der Waals surface area contributed by atoms with E-state index in [-0.39, 0.29) is 22.8 Å². The first-order valence-corrected chi connectivity index (χ1v) is 7.22. The maximum absolute atomic E-state index is 11.9. The highest BCUT2D eigenvalue weighted by molar-refractivity contribution is 7.91. The molecular weight excluding hydrogens is 280 g/mol. The number of nitrogens with zero attached hydrogens (tertiary/aromatic N) is 1. The van der Waals surface area contributed by atoms with Gasteiger partial charge in [-0.2, -0.15) is 0 Å². The smallest absolute Gasteiger partial charge is 0.275 e. The monoisotopic (exact) mass is 292 g/mol. The lowest BCUT2D eigenvalue weighted by molar-refractivity contribution is -0.385. The van der Waals surface area contributed by atoms with Crippen LogP contribution in [0.1, 0.15) is 12.5 Å². The fraction of sp³-hybridized carbons (Fsp3) is 0.400. The number of nitro groups is 1. The first-order chi connectivity index (χ1) is 8.29. The van der Waals surface area contributed by atoms with Gasteiger partial charge in [-0.3, -0.25) is 10.1 Å². The van der Waals surface area contributed by atoms with Gasteiger partial charge in [0.2, 0.25) is 0 Å². The molecule has 0 aromatic heterocycles. The molecule has 100 valence electrons. The van der Waals surface area contributed by atoms with E-state index in [9.17, 15) is 18.5 Å². The van der Waals surface area contributed by atoms with Gasteiger partial charge in [-0.25, -0.2) is 8.42 Å². The summed E-state index contributed by atoms with van der Waals surface area (Å²) in [7, 11) is -3.56. The maximum Gasteiger partial charge on any atom is 0.275 e. The van der Waals surface area contributed by atoms with Crippen LogP contribution in [0.4, 0.5) is 5.69 Å². The van der Waals surface area contributed by atoms with Crippen molar-refractivity contribution in [1.82, 2.24) is 0 Å². The SMILES string of the molecule is CC(CN)S(=O)(=O)Cc1c(Cl)cccc1[N+](=O)[O-].